The van der Waals surface area contributed by atoms with E-state index in [0.29, 0.717) is 100 Å². The highest BCUT2D eigenvalue weighted by molar-refractivity contribution is 7.15. The molecule has 10 bridgehead atoms. The molecule has 8 N–H and O–H groups in total. The predicted molar refractivity (Wildman–Crippen MR) is 319 cm³/mol. The van der Waals surface area contributed by atoms with Crippen molar-refractivity contribution in [3.63, 3.8) is 0 Å². The molecule has 436 valence electrons. The summed E-state index contributed by atoms with van der Waals surface area (Å²) in [5.41, 5.74) is 2.71. The number of aliphatic hydroxyl groups is 1. The van der Waals surface area contributed by atoms with Gasteiger partial charge in [0.1, 0.15) is 82.2 Å². The van der Waals surface area contributed by atoms with E-state index in [0.717, 1.165) is 11.3 Å². The van der Waals surface area contributed by atoms with Crippen LogP contribution >= 0.6 is 68.0 Å². The Hall–Kier alpha value is -7.64. The Kier molecular flexibility index (Phi) is 18.5. The second-order valence-corrected chi connectivity index (χ2v) is 25.9. The normalized spacial score (nSPS) is 19.1. The van der Waals surface area contributed by atoms with Crippen molar-refractivity contribution >= 4 is 115 Å². The molecule has 10 rings (SSSR count). The number of carbonyl (C=O) groups is 7. The molecule has 1 aromatic carbocycles. The molecule has 23 nitrogen and oxygen atoms in total. The summed E-state index contributed by atoms with van der Waals surface area (Å²) in [5, 5.41) is 47.6. The quantitative estimate of drug-likeness (QED) is 0.0605. The second-order valence-electron chi connectivity index (χ2n) is 20.0. The summed E-state index contributed by atoms with van der Waals surface area (Å²) in [6, 6.07) is 9.50. The fourth-order valence-electron chi connectivity index (χ4n) is 9.47. The Labute approximate surface area is 504 Å². The summed E-state index contributed by atoms with van der Waals surface area (Å²) in [6.07, 6.45) is 0.232. The first-order valence-corrected chi connectivity index (χ1v) is 31.6. The lowest BCUT2D eigenvalue weighted by molar-refractivity contribution is -0.143. The maximum Gasteiger partial charge on any atom is 0.306 e. The second kappa shape index (κ2) is 26.1. The number of aryl methyl sites for hydroxylation is 1. The molecule has 1 aliphatic heterocycles. The van der Waals surface area contributed by atoms with Gasteiger partial charge in [-0.3, -0.25) is 33.6 Å². The van der Waals surface area contributed by atoms with Crippen LogP contribution in [0, 0.1) is 24.7 Å². The van der Waals surface area contributed by atoms with E-state index in [1.807, 2.05) is 13.8 Å². The largest absolute Gasteiger partial charge is 0.481 e. The van der Waals surface area contributed by atoms with Crippen LogP contribution in [0.5, 0.6) is 0 Å². The average molecular weight is 1250 g/mol. The molecule has 0 saturated heterocycles. The van der Waals surface area contributed by atoms with Gasteiger partial charge < -0.3 is 46.9 Å². The third-order valence-electron chi connectivity index (χ3n) is 13.9. The van der Waals surface area contributed by atoms with Gasteiger partial charge in [-0.15, -0.1) is 68.0 Å². The van der Waals surface area contributed by atoms with Gasteiger partial charge in [-0.25, -0.2) is 34.9 Å². The molecule has 1 fully saturated rings. The van der Waals surface area contributed by atoms with E-state index in [-0.39, 0.29) is 52.9 Å². The summed E-state index contributed by atoms with van der Waals surface area (Å²) < 4.78 is 5.45. The molecule has 1 saturated carbocycles. The van der Waals surface area contributed by atoms with Crippen molar-refractivity contribution in [2.75, 3.05) is 26.0 Å². The number of carboxylic acid groups (broad SMARTS) is 1. The summed E-state index contributed by atoms with van der Waals surface area (Å²) in [5.74, 6) is -4.74. The number of thiazole rings is 6. The van der Waals surface area contributed by atoms with Crippen molar-refractivity contribution in [2.45, 2.75) is 83.7 Å². The highest BCUT2D eigenvalue weighted by Crippen LogP contribution is 2.40. The van der Waals surface area contributed by atoms with Crippen LogP contribution in [0.15, 0.2) is 64.0 Å². The predicted octanol–water partition coefficient (Wildman–Crippen LogP) is 8.14. The first-order valence-electron chi connectivity index (χ1n) is 26.4. The van der Waals surface area contributed by atoms with Crippen molar-refractivity contribution in [1.82, 2.24) is 61.5 Å². The molecule has 7 aromatic heterocycles. The number of hydrogen-bond acceptors (Lipinski definition) is 22. The Morgan fingerprint density at radius 3 is 2.11 bits per heavy atom. The zero-order valence-corrected chi connectivity index (χ0v) is 50.5. The first kappa shape index (κ1) is 59.5. The van der Waals surface area contributed by atoms with E-state index in [9.17, 15) is 43.8 Å². The number of benzene rings is 1. The number of nitrogens with one attached hydrogen (secondary N) is 6. The summed E-state index contributed by atoms with van der Waals surface area (Å²) in [7, 11) is 2.94. The smallest absolute Gasteiger partial charge is 0.306 e. The van der Waals surface area contributed by atoms with Crippen molar-refractivity contribution in [1.29, 1.82) is 0 Å². The van der Waals surface area contributed by atoms with Crippen LogP contribution < -0.4 is 31.9 Å². The monoisotopic (exact) mass is 1250 g/mol. The number of ether oxygens (including phenoxy) is 1. The van der Waals surface area contributed by atoms with E-state index < -0.39 is 72.2 Å². The number of carboxylic acids is 1. The highest BCUT2D eigenvalue weighted by atomic mass is 32.1. The number of amides is 6. The molecule has 1 aliphatic carbocycles. The number of rotatable bonds is 11. The summed E-state index contributed by atoms with van der Waals surface area (Å²) >= 11 is 7.19. The third-order valence-corrected chi connectivity index (χ3v) is 19.7. The Morgan fingerprint density at radius 2 is 1.37 bits per heavy atom. The number of aliphatic hydroxyl groups excluding tert-OH is 1. The number of methoxy groups -OCH3 is 1. The number of aromatic nitrogens is 7. The lowest BCUT2D eigenvalue weighted by Crippen LogP contribution is -2.40. The fourth-order valence-corrected chi connectivity index (χ4v) is 15.0. The lowest BCUT2D eigenvalue weighted by atomic mass is 9.81. The number of anilines is 1. The zero-order chi connectivity index (χ0) is 59.3. The van der Waals surface area contributed by atoms with Gasteiger partial charge in [0.2, 0.25) is 17.7 Å². The van der Waals surface area contributed by atoms with Gasteiger partial charge in [-0.2, -0.15) is 0 Å². The molecule has 2 aliphatic rings. The van der Waals surface area contributed by atoms with Gasteiger partial charge in [-0.1, -0.05) is 44.2 Å². The van der Waals surface area contributed by atoms with Gasteiger partial charge >= 0.3 is 5.97 Å². The zero-order valence-electron chi connectivity index (χ0n) is 45.6. The molecule has 84 heavy (non-hydrogen) atoms. The molecule has 8 heterocycles. The Morgan fingerprint density at radius 1 is 0.679 bits per heavy atom. The highest BCUT2D eigenvalue weighted by Gasteiger charge is 2.34. The summed E-state index contributed by atoms with van der Waals surface area (Å²) in [4.78, 5) is 129. The maximum absolute atomic E-state index is 14.3. The van der Waals surface area contributed by atoms with E-state index in [1.165, 1.54) is 70.8 Å². The molecule has 0 radical (unpaired) electrons. The van der Waals surface area contributed by atoms with Gasteiger partial charge in [0.15, 0.2) is 0 Å². The molecule has 4 atom stereocenters. The molecule has 6 amide bonds. The molecule has 29 heteroatoms. The van der Waals surface area contributed by atoms with Gasteiger partial charge in [0.25, 0.3) is 17.7 Å². The van der Waals surface area contributed by atoms with Crippen LogP contribution in [0.2, 0.25) is 0 Å². The van der Waals surface area contributed by atoms with Crippen LogP contribution in [0.25, 0.3) is 43.4 Å². The third kappa shape index (κ3) is 13.3. The van der Waals surface area contributed by atoms with Crippen molar-refractivity contribution in [2.24, 2.45) is 17.8 Å². The van der Waals surface area contributed by atoms with Gasteiger partial charge in [0, 0.05) is 52.0 Å². The maximum atomic E-state index is 14.3. The average Bonchev–Trinajstić information content (AvgIpc) is 3.76. The topological polar surface area (TPSA) is 332 Å². The number of nitrogens with zero attached hydrogens (tertiary/aromatic N) is 7. The van der Waals surface area contributed by atoms with Crippen molar-refractivity contribution in [3.8, 4) is 43.4 Å². The van der Waals surface area contributed by atoms with Crippen LogP contribution in [0.4, 0.5) is 5.82 Å². The van der Waals surface area contributed by atoms with Crippen molar-refractivity contribution in [3.05, 3.63) is 111 Å². The molecule has 8 aromatic rings. The number of carbonyl (C=O) groups excluding carboxylic acids is 6. The van der Waals surface area contributed by atoms with Crippen LogP contribution in [0.3, 0.4) is 0 Å². The van der Waals surface area contributed by atoms with E-state index in [4.69, 9.17) is 39.6 Å². The van der Waals surface area contributed by atoms with E-state index in [2.05, 4.69) is 31.9 Å². The van der Waals surface area contributed by atoms with Crippen molar-refractivity contribution < 1.29 is 48.5 Å². The number of aliphatic carboxylic acids is 1. The summed E-state index contributed by atoms with van der Waals surface area (Å²) in [6.45, 7) is 4.96. The lowest BCUT2D eigenvalue weighted by Gasteiger charge is -2.24. The fraction of sp³-hybridized carbons (Fsp3) is 0.345. The minimum absolute atomic E-state index is 0.000649. The van der Waals surface area contributed by atoms with Crippen LogP contribution in [0.1, 0.15) is 132 Å². The number of pyridine rings is 1. The number of fused-ring (bicyclic) bond motifs is 14. The standard InChI is InChI=1S/C55H55N13O10S6/c1-24(2)39-54-68-42(35(84-54)19-78-5)47(74)57-18-38(70)65-43(44(71)26-9-7-6-8-10-26)53-62-34(22-81-53)51-60-32(20-80-51)41-29(15-16-30(58-41)50-64-36(23-82-50)63-45(72)27-11-13-28(14-12-27)55(76)77)49-61-33(21-79-49)46(73)59-31(17-37(69)56-4)52-67-40(25(3)83-52)48(75)66-39/h6-10,15-16,20-24,27-28,31,39,43-44,71H,11-14,17-19H2,1-5H3,(H,56,69)(H,57,74)(H,59,73)(H,63,72)(H,65,70)(H,66,75)(H,76,77)/t27-,28-,31-,39-,43-,44-/m0/s1. The molecular weight excluding hydrogens is 1200 g/mol. The van der Waals surface area contributed by atoms with Crippen LogP contribution in [-0.4, -0.2) is 107 Å². The Balaban J connectivity index is 1.03. The first-order chi connectivity index (χ1) is 40.4. The molecular formula is C55H55N13O10S6. The van der Waals surface area contributed by atoms with E-state index in [1.54, 1.807) is 70.9 Å². The van der Waals surface area contributed by atoms with Crippen LogP contribution in [-0.2, 0) is 30.5 Å². The van der Waals surface area contributed by atoms with Gasteiger partial charge in [-0.05, 0) is 56.2 Å². The molecule has 0 unspecified atom stereocenters. The SMILES string of the molecule is CNC(=O)C[C@@H]1NC(=O)c2csc(n2)-c2ccc(-c3nc(NC(=O)[C@H]4CC[C@H](C(=O)O)CC4)cs3)nc2-c2csc(n2)-c2csc(n2)[C@H]([C@@H](O)c2ccccc2)NC(=O)CNC(=O)c2nc(sc2COC)[C@H](C(C)C)NC(=O)c2nc1sc2C. The minimum atomic E-state index is -1.28. The minimum Gasteiger partial charge on any atom is -0.481 e. The van der Waals surface area contributed by atoms with E-state index >= 15 is 0 Å². The molecule has 0 spiro atoms. The number of hydrogen-bond donors (Lipinski definition) is 8. The van der Waals surface area contributed by atoms with Gasteiger partial charge in [0.05, 0.1) is 48.1 Å². The Bertz CT molecular complexity index is 3770.